The summed E-state index contributed by atoms with van der Waals surface area (Å²) < 4.78 is 34.9. The van der Waals surface area contributed by atoms with Crippen LogP contribution in [-0.4, -0.2) is 39.1 Å². The number of methoxy groups -OCH3 is 1. The molecule has 1 aliphatic heterocycles. The third-order valence-electron chi connectivity index (χ3n) is 3.81. The molecule has 116 valence electrons. The fraction of sp³-hybridized carbons (Fsp3) is 0.533. The van der Waals surface area contributed by atoms with Crippen LogP contribution in [-0.2, 0) is 19.4 Å². The predicted octanol–water partition coefficient (Wildman–Crippen LogP) is 1.92. The molecule has 6 heteroatoms. The number of carbonyl (C=O) groups is 1. The average Bonchev–Trinajstić information content (AvgIpc) is 2.47. The largest absolute Gasteiger partial charge is 0.493 e. The van der Waals surface area contributed by atoms with Gasteiger partial charge in [0.1, 0.15) is 5.75 Å². The van der Waals surface area contributed by atoms with E-state index >= 15 is 0 Å². The number of rotatable bonds is 5. The highest BCUT2D eigenvalue weighted by Gasteiger charge is 2.31. The molecule has 0 spiro atoms. The molecule has 5 nitrogen and oxygen atoms in total. The summed E-state index contributed by atoms with van der Waals surface area (Å²) in [6.45, 7) is 2.07. The van der Waals surface area contributed by atoms with Crippen LogP contribution in [0, 0.1) is 0 Å². The standard InChI is InChI=1S/C15H20O5S/c1-11(9-15(16)19-2)21(17,18)10-12-7-8-20-14-6-4-3-5-13(12)14/h3-6,11-12H,7-10H2,1-2H3. The normalized spacial score (nSPS) is 19.2. The minimum atomic E-state index is -3.36. The molecule has 0 bridgehead atoms. The topological polar surface area (TPSA) is 69.7 Å². The zero-order valence-corrected chi connectivity index (χ0v) is 13.1. The van der Waals surface area contributed by atoms with Crippen molar-refractivity contribution in [3.63, 3.8) is 0 Å². The van der Waals surface area contributed by atoms with Crippen molar-refractivity contribution in [2.75, 3.05) is 19.5 Å². The first kappa shape index (κ1) is 15.8. The first-order valence-electron chi connectivity index (χ1n) is 6.94. The van der Waals surface area contributed by atoms with Gasteiger partial charge in [-0.2, -0.15) is 0 Å². The highest BCUT2D eigenvalue weighted by molar-refractivity contribution is 7.92. The molecular formula is C15H20O5S. The maximum atomic E-state index is 12.4. The Labute approximate surface area is 125 Å². The Morgan fingerprint density at radius 2 is 2.14 bits per heavy atom. The Bertz CT molecular complexity index is 608. The molecule has 1 aromatic rings. The van der Waals surface area contributed by atoms with Crippen LogP contribution in [0.3, 0.4) is 0 Å². The van der Waals surface area contributed by atoms with Crippen molar-refractivity contribution in [3.8, 4) is 5.75 Å². The van der Waals surface area contributed by atoms with E-state index in [1.807, 2.05) is 24.3 Å². The van der Waals surface area contributed by atoms with Gasteiger partial charge in [0.15, 0.2) is 9.84 Å². The lowest BCUT2D eigenvalue weighted by molar-refractivity contribution is -0.140. The fourth-order valence-electron chi connectivity index (χ4n) is 2.48. The van der Waals surface area contributed by atoms with Crippen LogP contribution < -0.4 is 4.74 Å². The highest BCUT2D eigenvalue weighted by atomic mass is 32.2. The number of para-hydroxylation sites is 1. The van der Waals surface area contributed by atoms with Gasteiger partial charge in [-0.3, -0.25) is 4.79 Å². The number of benzene rings is 1. The van der Waals surface area contributed by atoms with E-state index in [4.69, 9.17) is 4.74 Å². The maximum absolute atomic E-state index is 12.4. The lowest BCUT2D eigenvalue weighted by Gasteiger charge is -2.26. The maximum Gasteiger partial charge on any atom is 0.306 e. The van der Waals surface area contributed by atoms with Crippen molar-refractivity contribution < 1.29 is 22.7 Å². The van der Waals surface area contributed by atoms with Gasteiger partial charge in [-0.15, -0.1) is 0 Å². The van der Waals surface area contributed by atoms with Gasteiger partial charge in [-0.25, -0.2) is 8.42 Å². The van der Waals surface area contributed by atoms with E-state index < -0.39 is 21.1 Å². The van der Waals surface area contributed by atoms with Crippen molar-refractivity contribution in [2.24, 2.45) is 0 Å². The highest BCUT2D eigenvalue weighted by Crippen LogP contribution is 2.34. The molecule has 2 rings (SSSR count). The Morgan fingerprint density at radius 3 is 2.86 bits per heavy atom. The zero-order valence-electron chi connectivity index (χ0n) is 12.2. The molecule has 0 fully saturated rings. The van der Waals surface area contributed by atoms with E-state index in [1.54, 1.807) is 6.92 Å². The van der Waals surface area contributed by atoms with Crippen LogP contribution in [0.4, 0.5) is 0 Å². The van der Waals surface area contributed by atoms with E-state index in [2.05, 4.69) is 4.74 Å². The monoisotopic (exact) mass is 312 g/mol. The van der Waals surface area contributed by atoms with Crippen molar-refractivity contribution in [1.29, 1.82) is 0 Å². The van der Waals surface area contributed by atoms with Gasteiger partial charge < -0.3 is 9.47 Å². The van der Waals surface area contributed by atoms with Crippen LogP contribution in [0.2, 0.25) is 0 Å². The molecule has 0 saturated heterocycles. The molecule has 0 amide bonds. The minimum Gasteiger partial charge on any atom is -0.493 e. The number of hydrogen-bond acceptors (Lipinski definition) is 5. The second-order valence-electron chi connectivity index (χ2n) is 5.29. The number of ether oxygens (including phenoxy) is 2. The first-order valence-corrected chi connectivity index (χ1v) is 8.65. The van der Waals surface area contributed by atoms with Crippen molar-refractivity contribution in [3.05, 3.63) is 29.8 Å². The predicted molar refractivity (Wildman–Crippen MR) is 79.2 cm³/mol. The van der Waals surface area contributed by atoms with Gasteiger partial charge in [0.25, 0.3) is 0 Å². The molecule has 0 aliphatic carbocycles. The van der Waals surface area contributed by atoms with Gasteiger partial charge in [0.05, 0.1) is 31.1 Å². The smallest absolute Gasteiger partial charge is 0.306 e. The lowest BCUT2D eigenvalue weighted by atomic mass is 9.95. The molecule has 0 N–H and O–H groups in total. The van der Waals surface area contributed by atoms with Crippen LogP contribution in [0.1, 0.15) is 31.2 Å². The Morgan fingerprint density at radius 1 is 1.43 bits per heavy atom. The van der Waals surface area contributed by atoms with Gasteiger partial charge in [0.2, 0.25) is 0 Å². The Kier molecular flexibility index (Phi) is 4.88. The summed E-state index contributed by atoms with van der Waals surface area (Å²) in [6, 6.07) is 7.51. The molecule has 2 atom stereocenters. The van der Waals surface area contributed by atoms with E-state index in [0.717, 1.165) is 11.3 Å². The third-order valence-corrected chi connectivity index (χ3v) is 6.07. The molecule has 1 heterocycles. The second kappa shape index (κ2) is 6.47. The molecule has 2 unspecified atom stereocenters. The number of carbonyl (C=O) groups excluding carboxylic acids is 1. The van der Waals surface area contributed by atoms with Crippen LogP contribution in [0.25, 0.3) is 0 Å². The molecule has 1 aromatic carbocycles. The second-order valence-corrected chi connectivity index (χ2v) is 7.76. The Balaban J connectivity index is 2.13. The van der Waals surface area contributed by atoms with Crippen LogP contribution >= 0.6 is 0 Å². The van der Waals surface area contributed by atoms with E-state index in [-0.39, 0.29) is 18.1 Å². The van der Waals surface area contributed by atoms with E-state index in [0.29, 0.717) is 13.0 Å². The van der Waals surface area contributed by atoms with Crippen LogP contribution in [0.5, 0.6) is 5.75 Å². The molecule has 0 radical (unpaired) electrons. The summed E-state index contributed by atoms with van der Waals surface area (Å²) in [5.74, 6) is 0.203. The molecule has 21 heavy (non-hydrogen) atoms. The Hall–Kier alpha value is -1.56. The molecule has 0 aromatic heterocycles. The summed E-state index contributed by atoms with van der Waals surface area (Å²) in [4.78, 5) is 11.3. The van der Waals surface area contributed by atoms with Gasteiger partial charge in [-0.05, 0) is 25.0 Å². The number of hydrogen-bond donors (Lipinski definition) is 0. The molecule has 0 saturated carbocycles. The summed E-state index contributed by atoms with van der Waals surface area (Å²) in [5, 5.41) is -0.736. The molecule has 1 aliphatic rings. The molecular weight excluding hydrogens is 292 g/mol. The number of sulfone groups is 1. The number of esters is 1. The lowest BCUT2D eigenvalue weighted by Crippen LogP contribution is -2.29. The van der Waals surface area contributed by atoms with Crippen molar-refractivity contribution in [2.45, 2.75) is 30.9 Å². The summed E-state index contributed by atoms with van der Waals surface area (Å²) in [7, 11) is -2.10. The van der Waals surface area contributed by atoms with Crippen molar-refractivity contribution >= 4 is 15.8 Å². The van der Waals surface area contributed by atoms with Crippen molar-refractivity contribution in [1.82, 2.24) is 0 Å². The number of fused-ring (bicyclic) bond motifs is 1. The van der Waals surface area contributed by atoms with Gasteiger partial charge in [0, 0.05) is 5.92 Å². The van der Waals surface area contributed by atoms with E-state index in [9.17, 15) is 13.2 Å². The summed E-state index contributed by atoms with van der Waals surface area (Å²) >= 11 is 0. The van der Waals surface area contributed by atoms with Crippen LogP contribution in [0.15, 0.2) is 24.3 Å². The summed E-state index contributed by atoms with van der Waals surface area (Å²) in [5.41, 5.74) is 0.928. The zero-order chi connectivity index (χ0) is 15.5. The minimum absolute atomic E-state index is 0.0333. The van der Waals surface area contributed by atoms with E-state index in [1.165, 1.54) is 7.11 Å². The third kappa shape index (κ3) is 3.75. The average molecular weight is 312 g/mol. The summed E-state index contributed by atoms with van der Waals surface area (Å²) in [6.07, 6.45) is 0.560. The van der Waals surface area contributed by atoms with Gasteiger partial charge in [-0.1, -0.05) is 18.2 Å². The van der Waals surface area contributed by atoms with Gasteiger partial charge >= 0.3 is 5.97 Å². The quantitative estimate of drug-likeness (QED) is 0.777. The SMILES string of the molecule is COC(=O)CC(C)S(=O)(=O)CC1CCOc2ccccc21. The first-order chi connectivity index (χ1) is 9.94. The fourth-order valence-corrected chi connectivity index (χ4v) is 4.10.